The van der Waals surface area contributed by atoms with Crippen molar-refractivity contribution in [3.8, 4) is 0 Å². The van der Waals surface area contributed by atoms with E-state index in [4.69, 9.17) is 0 Å². The van der Waals surface area contributed by atoms with Crippen LogP contribution in [-0.4, -0.2) is 85.9 Å². The van der Waals surface area contributed by atoms with Crippen LogP contribution in [0.3, 0.4) is 0 Å². The molecule has 2 unspecified atom stereocenters. The molecule has 0 spiro atoms. The molecule has 0 radical (unpaired) electrons. The molecule has 1 aromatic rings. The molecule has 26 heavy (non-hydrogen) atoms. The average Bonchev–Trinajstić information content (AvgIpc) is 3.49. The van der Waals surface area contributed by atoms with Crippen LogP contribution >= 0.6 is 0 Å². The number of hydrogen-bond acceptors (Lipinski definition) is 4. The summed E-state index contributed by atoms with van der Waals surface area (Å²) < 4.78 is 0. The van der Waals surface area contributed by atoms with Crippen LogP contribution in [0, 0.1) is 11.8 Å². The van der Waals surface area contributed by atoms with E-state index in [2.05, 4.69) is 29.0 Å². The highest BCUT2D eigenvalue weighted by atomic mass is 16.2. The quantitative estimate of drug-likeness (QED) is 0.802. The van der Waals surface area contributed by atoms with Gasteiger partial charge in [-0.2, -0.15) is 0 Å². The number of benzene rings is 1. The summed E-state index contributed by atoms with van der Waals surface area (Å²) in [4.78, 5) is 33.9. The van der Waals surface area contributed by atoms with Gasteiger partial charge in [0.25, 0.3) is 0 Å². The Bertz CT molecular complexity index is 649. The van der Waals surface area contributed by atoms with E-state index in [1.54, 1.807) is 0 Å². The predicted octanol–water partition coefficient (Wildman–Crippen LogP) is 0.745. The van der Waals surface area contributed by atoms with E-state index >= 15 is 0 Å². The fourth-order valence-electron chi connectivity index (χ4n) is 4.06. The van der Waals surface area contributed by atoms with E-state index in [9.17, 15) is 9.59 Å². The number of anilines is 1. The predicted molar refractivity (Wildman–Crippen MR) is 101 cm³/mol. The van der Waals surface area contributed by atoms with Crippen molar-refractivity contribution >= 4 is 17.5 Å². The smallest absolute Gasteiger partial charge is 0.226 e. The van der Waals surface area contributed by atoms with Crippen molar-refractivity contribution in [1.29, 1.82) is 0 Å². The largest absolute Gasteiger partial charge is 0.368 e. The van der Waals surface area contributed by atoms with E-state index in [0.717, 1.165) is 58.8 Å². The second-order valence-electron chi connectivity index (χ2n) is 7.73. The zero-order valence-corrected chi connectivity index (χ0v) is 15.5. The summed E-state index contributed by atoms with van der Waals surface area (Å²) in [6, 6.07) is 10.3. The number of hydrogen-bond donors (Lipinski definition) is 0. The maximum absolute atomic E-state index is 12.8. The van der Waals surface area contributed by atoms with E-state index in [1.807, 2.05) is 28.0 Å². The van der Waals surface area contributed by atoms with Gasteiger partial charge >= 0.3 is 0 Å². The molecule has 2 aliphatic heterocycles. The molecular formula is C20H28N4O2. The molecule has 1 aromatic carbocycles. The van der Waals surface area contributed by atoms with Gasteiger partial charge in [0.15, 0.2) is 0 Å². The highest BCUT2D eigenvalue weighted by molar-refractivity contribution is 5.92. The number of carbonyl (C=O) groups excluding carboxylic acids is 2. The van der Waals surface area contributed by atoms with Crippen LogP contribution in [0.4, 0.5) is 5.69 Å². The van der Waals surface area contributed by atoms with Crippen LogP contribution in [0.5, 0.6) is 0 Å². The summed E-state index contributed by atoms with van der Waals surface area (Å²) in [5.74, 6) is 0.230. The van der Waals surface area contributed by atoms with Crippen LogP contribution < -0.4 is 4.90 Å². The number of likely N-dealkylation sites (N-methyl/N-ethyl adjacent to an activating group) is 1. The molecule has 1 saturated carbocycles. The molecule has 2 heterocycles. The molecule has 1 aliphatic carbocycles. The number of amides is 2. The van der Waals surface area contributed by atoms with Gasteiger partial charge < -0.3 is 19.6 Å². The van der Waals surface area contributed by atoms with Crippen LogP contribution in [0.1, 0.15) is 6.42 Å². The zero-order valence-electron chi connectivity index (χ0n) is 15.5. The van der Waals surface area contributed by atoms with Gasteiger partial charge in [0.2, 0.25) is 11.8 Å². The van der Waals surface area contributed by atoms with E-state index in [-0.39, 0.29) is 23.7 Å². The first-order chi connectivity index (χ1) is 12.6. The minimum atomic E-state index is -0.0783. The lowest BCUT2D eigenvalue weighted by Crippen LogP contribution is -2.50. The van der Waals surface area contributed by atoms with Gasteiger partial charge in [-0.3, -0.25) is 9.59 Å². The number of nitrogens with zero attached hydrogens (tertiary/aromatic N) is 4. The lowest BCUT2D eigenvalue weighted by molar-refractivity contribution is -0.139. The van der Waals surface area contributed by atoms with E-state index in [0.29, 0.717) is 0 Å². The first-order valence-corrected chi connectivity index (χ1v) is 9.69. The summed E-state index contributed by atoms with van der Waals surface area (Å²) >= 11 is 0. The van der Waals surface area contributed by atoms with E-state index in [1.165, 1.54) is 5.69 Å². The first kappa shape index (κ1) is 17.3. The molecular weight excluding hydrogens is 328 g/mol. The Hall–Kier alpha value is -2.08. The molecule has 4 rings (SSSR count). The SMILES string of the molecule is CN1CCN(C(=O)C2CC2C(=O)N2CCN(c3ccccc3)CC2)CC1. The number of carbonyl (C=O) groups is 2. The summed E-state index contributed by atoms with van der Waals surface area (Å²) in [5, 5.41) is 0. The summed E-state index contributed by atoms with van der Waals surface area (Å²) in [7, 11) is 2.08. The molecule has 0 N–H and O–H groups in total. The standard InChI is InChI=1S/C20H28N4O2/c1-21-7-9-23(10-8-21)19(25)17-15-18(17)20(26)24-13-11-22(12-14-24)16-5-3-2-4-6-16/h2-6,17-18H,7-15H2,1H3. The van der Waals surface area contributed by atoms with Gasteiger partial charge in [-0.05, 0) is 25.6 Å². The first-order valence-electron chi connectivity index (χ1n) is 9.69. The van der Waals surface area contributed by atoms with Gasteiger partial charge in [0, 0.05) is 58.0 Å². The molecule has 6 heteroatoms. The lowest BCUT2D eigenvalue weighted by atomic mass is 10.2. The lowest BCUT2D eigenvalue weighted by Gasteiger charge is -2.36. The second-order valence-corrected chi connectivity index (χ2v) is 7.73. The normalized spacial score (nSPS) is 26.7. The highest BCUT2D eigenvalue weighted by Crippen LogP contribution is 2.41. The molecule has 0 bridgehead atoms. The molecule has 2 saturated heterocycles. The summed E-state index contributed by atoms with van der Waals surface area (Å²) in [6.07, 6.45) is 0.739. The summed E-state index contributed by atoms with van der Waals surface area (Å²) in [6.45, 7) is 6.67. The van der Waals surface area contributed by atoms with Gasteiger partial charge in [0.05, 0.1) is 11.8 Å². The Morgan fingerprint density at radius 2 is 1.27 bits per heavy atom. The number of piperazine rings is 2. The van der Waals surface area contributed by atoms with Crippen LogP contribution in [-0.2, 0) is 9.59 Å². The van der Waals surface area contributed by atoms with Crippen molar-refractivity contribution in [3.63, 3.8) is 0 Å². The number of para-hydroxylation sites is 1. The fraction of sp³-hybridized carbons (Fsp3) is 0.600. The molecule has 2 amide bonds. The third kappa shape index (κ3) is 3.56. The van der Waals surface area contributed by atoms with Crippen molar-refractivity contribution in [3.05, 3.63) is 30.3 Å². The van der Waals surface area contributed by atoms with Gasteiger partial charge in [-0.1, -0.05) is 18.2 Å². The zero-order chi connectivity index (χ0) is 18.1. The van der Waals surface area contributed by atoms with Crippen LogP contribution in [0.2, 0.25) is 0 Å². The molecule has 3 aliphatic rings. The molecule has 6 nitrogen and oxygen atoms in total. The highest BCUT2D eigenvalue weighted by Gasteiger charge is 2.51. The maximum Gasteiger partial charge on any atom is 0.226 e. The van der Waals surface area contributed by atoms with Crippen LogP contribution in [0.25, 0.3) is 0 Å². The Balaban J connectivity index is 1.27. The Morgan fingerprint density at radius 3 is 1.81 bits per heavy atom. The fourth-order valence-corrected chi connectivity index (χ4v) is 4.06. The maximum atomic E-state index is 12.8. The van der Waals surface area contributed by atoms with Crippen LogP contribution in [0.15, 0.2) is 30.3 Å². The van der Waals surface area contributed by atoms with Gasteiger partial charge in [-0.25, -0.2) is 0 Å². The average molecular weight is 356 g/mol. The third-order valence-electron chi connectivity index (χ3n) is 5.95. The van der Waals surface area contributed by atoms with Crippen molar-refractivity contribution < 1.29 is 9.59 Å². The second kappa shape index (κ2) is 7.27. The topological polar surface area (TPSA) is 47.1 Å². The molecule has 0 aromatic heterocycles. The molecule has 3 fully saturated rings. The van der Waals surface area contributed by atoms with Crippen molar-refractivity contribution in [2.75, 3.05) is 64.3 Å². The van der Waals surface area contributed by atoms with E-state index < -0.39 is 0 Å². The van der Waals surface area contributed by atoms with Crippen molar-refractivity contribution in [1.82, 2.24) is 14.7 Å². The number of rotatable bonds is 3. The third-order valence-corrected chi connectivity index (χ3v) is 5.95. The minimum Gasteiger partial charge on any atom is -0.368 e. The Morgan fingerprint density at radius 1 is 0.769 bits per heavy atom. The van der Waals surface area contributed by atoms with Gasteiger partial charge in [0.1, 0.15) is 0 Å². The Kier molecular flexibility index (Phi) is 4.85. The van der Waals surface area contributed by atoms with Crippen molar-refractivity contribution in [2.45, 2.75) is 6.42 Å². The monoisotopic (exact) mass is 356 g/mol. The minimum absolute atomic E-state index is 0.0712. The van der Waals surface area contributed by atoms with Gasteiger partial charge in [-0.15, -0.1) is 0 Å². The van der Waals surface area contributed by atoms with Crippen molar-refractivity contribution in [2.24, 2.45) is 11.8 Å². The Labute approximate surface area is 155 Å². The molecule has 140 valence electrons. The molecule has 2 atom stereocenters. The summed E-state index contributed by atoms with van der Waals surface area (Å²) in [5.41, 5.74) is 1.22.